The Morgan fingerprint density at radius 1 is 1.03 bits per heavy atom. The number of hydrogen-bond donors (Lipinski definition) is 2. The average Bonchev–Trinajstić information content (AvgIpc) is 3.28. The molecule has 9 heteroatoms. The molecule has 3 aromatic heterocycles. The summed E-state index contributed by atoms with van der Waals surface area (Å²) in [5.41, 5.74) is 3.09. The summed E-state index contributed by atoms with van der Waals surface area (Å²) in [4.78, 5) is 33.8. The van der Waals surface area contributed by atoms with Crippen molar-refractivity contribution in [1.82, 2.24) is 25.0 Å². The lowest BCUT2D eigenvalue weighted by Gasteiger charge is -2.07. The van der Waals surface area contributed by atoms with Gasteiger partial charge < -0.3 is 15.4 Å². The summed E-state index contributed by atoms with van der Waals surface area (Å²) in [6.45, 7) is 2.18. The van der Waals surface area contributed by atoms with E-state index in [0.29, 0.717) is 22.8 Å². The molecule has 0 aliphatic heterocycles. The van der Waals surface area contributed by atoms with Gasteiger partial charge >= 0.3 is 0 Å². The Bertz CT molecular complexity index is 1320. The van der Waals surface area contributed by atoms with Gasteiger partial charge in [0.2, 0.25) is 5.88 Å². The van der Waals surface area contributed by atoms with Crippen LogP contribution in [0.3, 0.4) is 0 Å². The van der Waals surface area contributed by atoms with E-state index >= 15 is 0 Å². The Labute approximate surface area is 189 Å². The van der Waals surface area contributed by atoms with Gasteiger partial charge in [0.05, 0.1) is 7.11 Å². The molecule has 168 valence electrons. The van der Waals surface area contributed by atoms with Crippen molar-refractivity contribution in [3.05, 3.63) is 94.8 Å². The molecule has 4 aromatic rings. The number of imidazole rings is 1. The van der Waals surface area contributed by atoms with Crippen LogP contribution in [0.1, 0.15) is 37.7 Å². The molecule has 0 aliphatic rings. The van der Waals surface area contributed by atoms with Crippen molar-refractivity contribution in [3.63, 3.8) is 0 Å². The largest absolute Gasteiger partial charge is 0.481 e. The van der Waals surface area contributed by atoms with Crippen molar-refractivity contribution >= 4 is 17.5 Å². The predicted molar refractivity (Wildman–Crippen MR) is 119 cm³/mol. The maximum atomic E-state index is 13.4. The molecule has 0 atom stereocenters. The zero-order chi connectivity index (χ0) is 23.4. The third-order valence-electron chi connectivity index (χ3n) is 5.09. The number of hydrogen-bond acceptors (Lipinski definition) is 5. The predicted octanol–water partition coefficient (Wildman–Crippen LogP) is 3.05. The molecule has 0 bridgehead atoms. The first-order valence-corrected chi connectivity index (χ1v) is 10.2. The number of fused-ring (bicyclic) bond motifs is 1. The zero-order valence-corrected chi connectivity index (χ0v) is 18.1. The van der Waals surface area contributed by atoms with E-state index < -0.39 is 5.91 Å². The SMILES string of the molecule is COc1ccc(CNC(=O)c2cccc3nc(C(=O)NCc4ccc(F)c(C)c4)cn23)cn1. The van der Waals surface area contributed by atoms with E-state index in [9.17, 15) is 14.0 Å². The van der Waals surface area contributed by atoms with Gasteiger partial charge in [-0.15, -0.1) is 0 Å². The number of ether oxygens (including phenoxy) is 1. The highest BCUT2D eigenvalue weighted by atomic mass is 19.1. The molecule has 0 aliphatic carbocycles. The van der Waals surface area contributed by atoms with Crippen LogP contribution in [0.2, 0.25) is 0 Å². The van der Waals surface area contributed by atoms with Gasteiger partial charge in [-0.05, 0) is 41.8 Å². The highest BCUT2D eigenvalue weighted by molar-refractivity contribution is 5.95. The number of amides is 2. The standard InChI is InChI=1S/C24H22FN5O3/c1-15-10-16(6-8-18(15)25)11-27-23(31)19-14-30-20(4-3-5-21(30)29-19)24(32)28-13-17-7-9-22(33-2)26-12-17/h3-10,12,14H,11,13H2,1-2H3,(H,27,31)(H,28,32). The minimum absolute atomic E-state index is 0.174. The van der Waals surface area contributed by atoms with Gasteiger partial charge in [0.15, 0.2) is 0 Å². The third kappa shape index (κ3) is 4.98. The lowest BCUT2D eigenvalue weighted by Crippen LogP contribution is -2.25. The summed E-state index contributed by atoms with van der Waals surface area (Å²) in [6, 6.07) is 13.3. The van der Waals surface area contributed by atoms with Gasteiger partial charge in [0.1, 0.15) is 22.9 Å². The molecule has 2 amide bonds. The van der Waals surface area contributed by atoms with Crippen LogP contribution in [0, 0.1) is 12.7 Å². The summed E-state index contributed by atoms with van der Waals surface area (Å²) >= 11 is 0. The normalized spacial score (nSPS) is 10.8. The van der Waals surface area contributed by atoms with Gasteiger partial charge in [0.25, 0.3) is 11.8 Å². The number of benzene rings is 1. The van der Waals surface area contributed by atoms with Gasteiger partial charge in [-0.2, -0.15) is 0 Å². The van der Waals surface area contributed by atoms with E-state index in [-0.39, 0.29) is 30.5 Å². The molecule has 0 saturated carbocycles. The van der Waals surface area contributed by atoms with Crippen molar-refractivity contribution < 1.29 is 18.7 Å². The molecule has 2 N–H and O–H groups in total. The quantitative estimate of drug-likeness (QED) is 0.454. The fraction of sp³-hybridized carbons (Fsp3) is 0.167. The van der Waals surface area contributed by atoms with Crippen LogP contribution < -0.4 is 15.4 Å². The second-order valence-electron chi connectivity index (χ2n) is 7.42. The van der Waals surface area contributed by atoms with Crippen LogP contribution in [-0.2, 0) is 13.1 Å². The number of carbonyl (C=O) groups excluding carboxylic acids is 2. The van der Waals surface area contributed by atoms with E-state index in [0.717, 1.165) is 11.1 Å². The molecule has 0 unspecified atom stereocenters. The first-order chi connectivity index (χ1) is 15.9. The van der Waals surface area contributed by atoms with E-state index in [1.54, 1.807) is 53.9 Å². The van der Waals surface area contributed by atoms with Crippen molar-refractivity contribution in [2.75, 3.05) is 7.11 Å². The van der Waals surface area contributed by atoms with E-state index in [2.05, 4.69) is 20.6 Å². The second-order valence-corrected chi connectivity index (χ2v) is 7.42. The van der Waals surface area contributed by atoms with E-state index in [4.69, 9.17) is 4.74 Å². The van der Waals surface area contributed by atoms with Crippen molar-refractivity contribution in [1.29, 1.82) is 0 Å². The number of methoxy groups -OCH3 is 1. The second kappa shape index (κ2) is 9.47. The maximum absolute atomic E-state index is 13.4. The Hall–Kier alpha value is -4.27. The number of aromatic nitrogens is 3. The number of rotatable bonds is 7. The smallest absolute Gasteiger partial charge is 0.271 e. The molecule has 3 heterocycles. The van der Waals surface area contributed by atoms with Gasteiger partial charge in [-0.25, -0.2) is 14.4 Å². The van der Waals surface area contributed by atoms with Gasteiger partial charge in [0, 0.05) is 31.5 Å². The van der Waals surface area contributed by atoms with E-state index in [1.165, 1.54) is 19.4 Å². The number of carbonyl (C=O) groups is 2. The van der Waals surface area contributed by atoms with Crippen molar-refractivity contribution in [3.8, 4) is 5.88 Å². The van der Waals surface area contributed by atoms with Gasteiger partial charge in [-0.3, -0.25) is 14.0 Å². The minimum atomic E-state index is -0.392. The molecule has 8 nitrogen and oxygen atoms in total. The van der Waals surface area contributed by atoms with Crippen LogP contribution in [0.4, 0.5) is 4.39 Å². The molecule has 0 spiro atoms. The fourth-order valence-electron chi connectivity index (χ4n) is 3.30. The third-order valence-corrected chi connectivity index (χ3v) is 5.09. The number of nitrogens with zero attached hydrogens (tertiary/aromatic N) is 3. The minimum Gasteiger partial charge on any atom is -0.481 e. The molecular weight excluding hydrogens is 425 g/mol. The molecular formula is C24H22FN5O3. The molecule has 33 heavy (non-hydrogen) atoms. The number of halogens is 1. The summed E-state index contributed by atoms with van der Waals surface area (Å²) in [7, 11) is 1.54. The summed E-state index contributed by atoms with van der Waals surface area (Å²) in [6.07, 6.45) is 3.15. The summed E-state index contributed by atoms with van der Waals surface area (Å²) in [5.74, 6) is -0.507. The highest BCUT2D eigenvalue weighted by Gasteiger charge is 2.15. The number of aryl methyl sites for hydroxylation is 1. The first kappa shape index (κ1) is 21.9. The van der Waals surface area contributed by atoms with Gasteiger partial charge in [-0.1, -0.05) is 24.3 Å². The Morgan fingerprint density at radius 3 is 2.52 bits per heavy atom. The van der Waals surface area contributed by atoms with Crippen molar-refractivity contribution in [2.45, 2.75) is 20.0 Å². The Kier molecular flexibility index (Phi) is 6.30. The monoisotopic (exact) mass is 447 g/mol. The molecule has 0 fully saturated rings. The lowest BCUT2D eigenvalue weighted by atomic mass is 10.1. The van der Waals surface area contributed by atoms with Crippen LogP contribution in [0.25, 0.3) is 5.65 Å². The average molecular weight is 447 g/mol. The zero-order valence-electron chi connectivity index (χ0n) is 18.1. The van der Waals surface area contributed by atoms with E-state index in [1.807, 2.05) is 6.07 Å². The molecule has 4 rings (SSSR count). The Morgan fingerprint density at radius 2 is 1.79 bits per heavy atom. The van der Waals surface area contributed by atoms with Crippen LogP contribution in [0.15, 0.2) is 60.9 Å². The number of nitrogens with one attached hydrogen (secondary N) is 2. The Balaban J connectivity index is 1.45. The maximum Gasteiger partial charge on any atom is 0.271 e. The number of pyridine rings is 2. The topological polar surface area (TPSA) is 97.6 Å². The lowest BCUT2D eigenvalue weighted by molar-refractivity contribution is 0.0935. The van der Waals surface area contributed by atoms with Crippen LogP contribution in [0.5, 0.6) is 5.88 Å². The van der Waals surface area contributed by atoms with Crippen LogP contribution >= 0.6 is 0 Å². The molecule has 0 radical (unpaired) electrons. The first-order valence-electron chi connectivity index (χ1n) is 10.2. The fourth-order valence-corrected chi connectivity index (χ4v) is 3.30. The molecule has 1 aromatic carbocycles. The summed E-state index contributed by atoms with van der Waals surface area (Å²) < 4.78 is 20.0. The van der Waals surface area contributed by atoms with Crippen LogP contribution in [-0.4, -0.2) is 33.3 Å². The summed E-state index contributed by atoms with van der Waals surface area (Å²) in [5, 5.41) is 5.61. The molecule has 0 saturated heterocycles. The highest BCUT2D eigenvalue weighted by Crippen LogP contribution is 2.12. The van der Waals surface area contributed by atoms with Crippen molar-refractivity contribution in [2.24, 2.45) is 0 Å².